The zero-order valence-corrected chi connectivity index (χ0v) is 18.1. The number of hydrogen-bond donors (Lipinski definition) is 0. The molecule has 32 heavy (non-hydrogen) atoms. The van der Waals surface area contributed by atoms with E-state index in [0.29, 0.717) is 30.4 Å². The van der Waals surface area contributed by atoms with Crippen molar-refractivity contribution in [3.63, 3.8) is 0 Å². The van der Waals surface area contributed by atoms with Crippen molar-refractivity contribution in [2.24, 2.45) is 0 Å². The van der Waals surface area contributed by atoms with Gasteiger partial charge in [0.25, 0.3) is 5.91 Å². The van der Waals surface area contributed by atoms with Gasteiger partial charge in [-0.05, 0) is 49.1 Å². The Kier molecular flexibility index (Phi) is 5.77. The van der Waals surface area contributed by atoms with Crippen LogP contribution in [-0.2, 0) is 6.42 Å². The number of rotatable bonds is 5. The maximum Gasteiger partial charge on any atom is 0.274 e. The highest BCUT2D eigenvalue weighted by atomic mass is 32.1. The lowest BCUT2D eigenvalue weighted by Gasteiger charge is -2.35. The van der Waals surface area contributed by atoms with Gasteiger partial charge in [0, 0.05) is 24.6 Å². The molecule has 1 aliphatic rings. The summed E-state index contributed by atoms with van der Waals surface area (Å²) in [6, 6.07) is 15.7. The molecule has 1 saturated heterocycles. The Morgan fingerprint density at radius 3 is 2.69 bits per heavy atom. The Bertz CT molecular complexity index is 1210. The van der Waals surface area contributed by atoms with Gasteiger partial charge in [0.05, 0.1) is 10.4 Å². The van der Waals surface area contributed by atoms with Crippen LogP contribution in [0.5, 0.6) is 0 Å². The second-order valence-electron chi connectivity index (χ2n) is 7.76. The molecule has 1 fully saturated rings. The second-order valence-corrected chi connectivity index (χ2v) is 8.61. The highest BCUT2D eigenvalue weighted by molar-refractivity contribution is 7.13. The lowest BCUT2D eigenvalue weighted by Crippen LogP contribution is -2.45. The van der Waals surface area contributed by atoms with Gasteiger partial charge in [-0.2, -0.15) is 0 Å². The van der Waals surface area contributed by atoms with Gasteiger partial charge in [0.2, 0.25) is 11.8 Å². The molecule has 1 unspecified atom stereocenters. The number of thiazole rings is 1. The first kappa shape index (κ1) is 20.5. The molecule has 1 atom stereocenters. The number of benzene rings is 2. The summed E-state index contributed by atoms with van der Waals surface area (Å²) in [6.45, 7) is 0.656. The van der Waals surface area contributed by atoms with E-state index < -0.39 is 0 Å². The minimum absolute atomic E-state index is 0.0388. The number of carbonyl (C=O) groups is 1. The number of nitrogens with zero attached hydrogens (tertiary/aromatic N) is 4. The van der Waals surface area contributed by atoms with Gasteiger partial charge in [0.1, 0.15) is 11.5 Å². The monoisotopic (exact) mass is 448 g/mol. The average Bonchev–Trinajstić information content (AvgIpc) is 3.50. The summed E-state index contributed by atoms with van der Waals surface area (Å²) in [7, 11) is 0. The summed E-state index contributed by atoms with van der Waals surface area (Å²) in [5.41, 5.74) is 3.73. The summed E-state index contributed by atoms with van der Waals surface area (Å²) in [5.74, 6) is 0.577. The maximum atomic E-state index is 13.5. The Morgan fingerprint density at radius 1 is 1.06 bits per heavy atom. The van der Waals surface area contributed by atoms with Crippen molar-refractivity contribution in [3.05, 3.63) is 77.5 Å². The quantitative estimate of drug-likeness (QED) is 0.418. The lowest BCUT2D eigenvalue weighted by molar-refractivity contribution is 0.0601. The molecule has 2 aromatic heterocycles. The lowest BCUT2D eigenvalue weighted by atomic mass is 9.98. The van der Waals surface area contributed by atoms with E-state index in [9.17, 15) is 9.18 Å². The zero-order chi connectivity index (χ0) is 21.9. The summed E-state index contributed by atoms with van der Waals surface area (Å²) in [6.07, 6.45) is 3.35. The van der Waals surface area contributed by atoms with E-state index in [1.54, 1.807) is 17.6 Å². The predicted octanol–water partition coefficient (Wildman–Crippen LogP) is 5.24. The SMILES string of the molecule is O=C(c1ncsc1-c1ccc(F)cc1)N1CCCCC1Cc1nnc(-c2ccccc2)o1. The van der Waals surface area contributed by atoms with E-state index >= 15 is 0 Å². The Balaban J connectivity index is 1.37. The van der Waals surface area contributed by atoms with Gasteiger partial charge < -0.3 is 9.32 Å². The van der Waals surface area contributed by atoms with Gasteiger partial charge in [-0.25, -0.2) is 9.37 Å². The van der Waals surface area contributed by atoms with E-state index in [1.807, 2.05) is 35.2 Å². The van der Waals surface area contributed by atoms with Crippen molar-refractivity contribution >= 4 is 17.2 Å². The first-order valence-corrected chi connectivity index (χ1v) is 11.4. The molecule has 0 saturated carbocycles. The van der Waals surface area contributed by atoms with Crippen LogP contribution in [0, 0.1) is 5.82 Å². The molecule has 0 spiro atoms. The molecule has 0 bridgehead atoms. The molecule has 1 aliphatic heterocycles. The van der Waals surface area contributed by atoms with E-state index in [4.69, 9.17) is 4.42 Å². The molecule has 0 aliphatic carbocycles. The maximum absolute atomic E-state index is 13.5. The second kappa shape index (κ2) is 9.00. The van der Waals surface area contributed by atoms with Gasteiger partial charge in [-0.15, -0.1) is 21.5 Å². The van der Waals surface area contributed by atoms with E-state index in [0.717, 1.165) is 35.3 Å². The first-order valence-electron chi connectivity index (χ1n) is 10.6. The summed E-state index contributed by atoms with van der Waals surface area (Å²) >= 11 is 1.39. The third-order valence-corrected chi connectivity index (χ3v) is 6.54. The van der Waals surface area contributed by atoms with Crippen molar-refractivity contribution in [1.29, 1.82) is 0 Å². The molecule has 0 radical (unpaired) electrons. The Morgan fingerprint density at radius 2 is 1.88 bits per heavy atom. The van der Waals surface area contributed by atoms with Crippen LogP contribution < -0.4 is 0 Å². The number of likely N-dealkylation sites (tertiary alicyclic amines) is 1. The molecule has 0 N–H and O–H groups in total. The number of halogens is 1. The van der Waals surface area contributed by atoms with Crippen LogP contribution >= 0.6 is 11.3 Å². The fourth-order valence-corrected chi connectivity index (χ4v) is 4.84. The Labute approximate surface area is 188 Å². The molecule has 4 aromatic rings. The largest absolute Gasteiger partial charge is 0.421 e. The minimum Gasteiger partial charge on any atom is -0.421 e. The predicted molar refractivity (Wildman–Crippen MR) is 120 cm³/mol. The van der Waals surface area contributed by atoms with Gasteiger partial charge >= 0.3 is 0 Å². The topological polar surface area (TPSA) is 72.1 Å². The van der Waals surface area contributed by atoms with Crippen molar-refractivity contribution in [2.45, 2.75) is 31.7 Å². The highest BCUT2D eigenvalue weighted by Gasteiger charge is 2.31. The van der Waals surface area contributed by atoms with Crippen LogP contribution in [0.15, 0.2) is 64.5 Å². The van der Waals surface area contributed by atoms with Crippen molar-refractivity contribution in [2.75, 3.05) is 6.54 Å². The third-order valence-electron chi connectivity index (χ3n) is 5.66. The minimum atomic E-state index is -0.309. The molecular weight excluding hydrogens is 427 g/mol. The fraction of sp³-hybridized carbons (Fsp3) is 0.250. The standard InChI is InChI=1S/C24H21FN4O2S/c25-18-11-9-16(10-12-18)22-21(26-15-32-22)24(30)29-13-5-4-8-19(29)14-20-27-28-23(31-20)17-6-2-1-3-7-17/h1-3,6-7,9-12,15,19H,4-5,8,13-14H2. The van der Waals surface area contributed by atoms with Crippen LogP contribution in [0.4, 0.5) is 4.39 Å². The molecule has 8 heteroatoms. The Hall–Kier alpha value is -3.39. The normalized spacial score (nSPS) is 16.3. The fourth-order valence-electron chi connectivity index (χ4n) is 4.06. The summed E-state index contributed by atoms with van der Waals surface area (Å²) in [4.78, 5) is 20.5. The molecule has 2 aromatic carbocycles. The van der Waals surface area contributed by atoms with Crippen LogP contribution in [0.2, 0.25) is 0 Å². The smallest absolute Gasteiger partial charge is 0.274 e. The van der Waals surface area contributed by atoms with Gasteiger partial charge in [-0.1, -0.05) is 30.3 Å². The molecule has 6 nitrogen and oxygen atoms in total. The van der Waals surface area contributed by atoms with Gasteiger partial charge in [-0.3, -0.25) is 4.79 Å². The highest BCUT2D eigenvalue weighted by Crippen LogP contribution is 2.31. The van der Waals surface area contributed by atoms with Crippen LogP contribution in [0.3, 0.4) is 0 Å². The molecule has 162 valence electrons. The van der Waals surface area contributed by atoms with Crippen LogP contribution in [-0.4, -0.2) is 38.6 Å². The number of aromatic nitrogens is 3. The number of amides is 1. The molecule has 1 amide bonds. The first-order chi connectivity index (χ1) is 15.7. The number of carbonyl (C=O) groups excluding carboxylic acids is 1. The number of hydrogen-bond acceptors (Lipinski definition) is 6. The van der Waals surface area contributed by atoms with Crippen LogP contribution in [0.1, 0.15) is 35.6 Å². The van der Waals surface area contributed by atoms with E-state index in [1.165, 1.54) is 23.5 Å². The third kappa shape index (κ3) is 4.18. The summed E-state index contributed by atoms with van der Waals surface area (Å²) < 4.78 is 19.2. The van der Waals surface area contributed by atoms with Crippen molar-refractivity contribution in [3.8, 4) is 21.9 Å². The summed E-state index contributed by atoms with van der Waals surface area (Å²) in [5, 5.41) is 8.38. The molecule has 3 heterocycles. The zero-order valence-electron chi connectivity index (χ0n) is 17.3. The number of piperidine rings is 1. The average molecular weight is 449 g/mol. The van der Waals surface area contributed by atoms with Gasteiger partial charge in [0.15, 0.2) is 0 Å². The van der Waals surface area contributed by atoms with Crippen LogP contribution in [0.25, 0.3) is 21.9 Å². The van der Waals surface area contributed by atoms with E-state index in [-0.39, 0.29) is 17.8 Å². The molecular formula is C24H21FN4O2S. The van der Waals surface area contributed by atoms with Crippen molar-refractivity contribution < 1.29 is 13.6 Å². The van der Waals surface area contributed by atoms with Crippen molar-refractivity contribution in [1.82, 2.24) is 20.1 Å². The molecule has 5 rings (SSSR count). The van der Waals surface area contributed by atoms with E-state index in [2.05, 4.69) is 15.2 Å².